The molecule has 1 aliphatic rings. The van der Waals surface area contributed by atoms with Crippen molar-refractivity contribution in [1.82, 2.24) is 0 Å². The normalized spacial score (nSPS) is 26.0. The maximum Gasteiger partial charge on any atom is 0.139 e. The van der Waals surface area contributed by atoms with Gasteiger partial charge in [0.1, 0.15) is 5.78 Å². The zero-order valence-corrected chi connectivity index (χ0v) is 11.4. The molecule has 0 aliphatic heterocycles. The summed E-state index contributed by atoms with van der Waals surface area (Å²) < 4.78 is 0. The Labute approximate surface area is 100 Å². The van der Waals surface area contributed by atoms with Crippen LogP contribution in [0.4, 0.5) is 0 Å². The Balaban J connectivity index is 2.76. The Hall–Kier alpha value is -0.590. The minimum atomic E-state index is -0.0151. The summed E-state index contributed by atoms with van der Waals surface area (Å²) in [6.45, 7) is 8.75. The molecule has 1 heteroatoms. The summed E-state index contributed by atoms with van der Waals surface area (Å²) in [7, 11) is 0. The molecule has 0 aromatic rings. The van der Waals surface area contributed by atoms with E-state index in [0.717, 1.165) is 44.9 Å². The molecule has 0 aromatic carbocycles. The number of unbranched alkanes of at least 4 members (excludes halogenated alkanes) is 1. The number of Topliss-reactive ketones (excluding diaryl/α,β-unsaturated/α-hetero) is 1. The van der Waals surface area contributed by atoms with E-state index in [1.807, 2.05) is 0 Å². The molecule has 0 N–H and O–H groups in total. The van der Waals surface area contributed by atoms with Gasteiger partial charge in [-0.15, -0.1) is 0 Å². The SMILES string of the molecule is CCCCC(=O)[C@]1(CC)CCC(C)=C(C)C1. The Morgan fingerprint density at radius 1 is 1.25 bits per heavy atom. The minimum absolute atomic E-state index is 0.0151. The molecule has 1 atom stereocenters. The van der Waals surface area contributed by atoms with E-state index in [9.17, 15) is 4.79 Å². The van der Waals surface area contributed by atoms with E-state index in [1.54, 1.807) is 0 Å². The predicted octanol–water partition coefficient (Wildman–Crippen LogP) is 4.66. The third-order valence-corrected chi connectivity index (χ3v) is 4.34. The fourth-order valence-corrected chi connectivity index (χ4v) is 2.73. The second kappa shape index (κ2) is 5.65. The molecule has 1 rings (SSSR count). The van der Waals surface area contributed by atoms with Crippen molar-refractivity contribution in [3.05, 3.63) is 11.1 Å². The lowest BCUT2D eigenvalue weighted by Crippen LogP contribution is -2.33. The molecular weight excluding hydrogens is 196 g/mol. The van der Waals surface area contributed by atoms with Crippen LogP contribution >= 0.6 is 0 Å². The van der Waals surface area contributed by atoms with Gasteiger partial charge >= 0.3 is 0 Å². The zero-order valence-electron chi connectivity index (χ0n) is 11.4. The molecule has 0 spiro atoms. The first-order valence-electron chi connectivity index (χ1n) is 6.74. The van der Waals surface area contributed by atoms with Crippen molar-refractivity contribution in [2.45, 2.75) is 72.6 Å². The second-order valence-electron chi connectivity index (χ2n) is 5.40. The van der Waals surface area contributed by atoms with Crippen LogP contribution in [0.5, 0.6) is 0 Å². The van der Waals surface area contributed by atoms with Gasteiger partial charge in [0.25, 0.3) is 0 Å². The Morgan fingerprint density at radius 2 is 1.94 bits per heavy atom. The van der Waals surface area contributed by atoms with Crippen molar-refractivity contribution in [2.24, 2.45) is 5.41 Å². The molecule has 16 heavy (non-hydrogen) atoms. The standard InChI is InChI=1S/C15H26O/c1-5-7-8-14(16)15(6-2)10-9-12(3)13(4)11-15/h5-11H2,1-4H3/t15-/m1/s1. The summed E-state index contributed by atoms with van der Waals surface area (Å²) in [4.78, 5) is 12.3. The minimum Gasteiger partial charge on any atom is -0.299 e. The average molecular weight is 222 g/mol. The fourth-order valence-electron chi connectivity index (χ4n) is 2.73. The number of rotatable bonds is 5. The number of allylic oxidation sites excluding steroid dienone is 2. The second-order valence-corrected chi connectivity index (χ2v) is 5.40. The smallest absolute Gasteiger partial charge is 0.139 e. The molecule has 0 unspecified atom stereocenters. The predicted molar refractivity (Wildman–Crippen MR) is 69.5 cm³/mol. The number of ketones is 1. The lowest BCUT2D eigenvalue weighted by atomic mass is 9.67. The molecule has 0 fully saturated rings. The zero-order chi connectivity index (χ0) is 12.2. The molecule has 0 aromatic heterocycles. The molecule has 0 saturated heterocycles. The highest BCUT2D eigenvalue weighted by molar-refractivity contribution is 5.85. The van der Waals surface area contributed by atoms with Crippen LogP contribution in [0.25, 0.3) is 0 Å². The van der Waals surface area contributed by atoms with Crippen molar-refractivity contribution in [3.63, 3.8) is 0 Å². The van der Waals surface area contributed by atoms with Crippen molar-refractivity contribution in [2.75, 3.05) is 0 Å². The van der Waals surface area contributed by atoms with E-state index in [0.29, 0.717) is 5.78 Å². The van der Waals surface area contributed by atoms with Crippen LogP contribution in [0, 0.1) is 5.41 Å². The van der Waals surface area contributed by atoms with Gasteiger partial charge < -0.3 is 0 Å². The van der Waals surface area contributed by atoms with Gasteiger partial charge in [-0.25, -0.2) is 0 Å². The maximum absolute atomic E-state index is 12.3. The first kappa shape index (κ1) is 13.5. The van der Waals surface area contributed by atoms with E-state index >= 15 is 0 Å². The van der Waals surface area contributed by atoms with Gasteiger partial charge in [-0.05, 0) is 46.0 Å². The number of hydrogen-bond donors (Lipinski definition) is 0. The lowest BCUT2D eigenvalue weighted by molar-refractivity contribution is -0.129. The van der Waals surface area contributed by atoms with Crippen LogP contribution < -0.4 is 0 Å². The number of carbonyl (C=O) groups excluding carboxylic acids is 1. The molecule has 0 saturated carbocycles. The van der Waals surface area contributed by atoms with Crippen molar-refractivity contribution < 1.29 is 4.79 Å². The Kier molecular flexibility index (Phi) is 4.76. The van der Waals surface area contributed by atoms with Gasteiger partial charge in [-0.3, -0.25) is 4.79 Å². The Bertz CT molecular complexity index is 288. The first-order valence-corrected chi connectivity index (χ1v) is 6.74. The maximum atomic E-state index is 12.3. The van der Waals surface area contributed by atoms with Crippen molar-refractivity contribution in [3.8, 4) is 0 Å². The molecule has 0 amide bonds. The van der Waals surface area contributed by atoms with E-state index in [4.69, 9.17) is 0 Å². The van der Waals surface area contributed by atoms with Crippen LogP contribution in [0.15, 0.2) is 11.1 Å². The van der Waals surface area contributed by atoms with Crippen molar-refractivity contribution >= 4 is 5.78 Å². The highest BCUT2D eigenvalue weighted by Gasteiger charge is 2.37. The quantitative estimate of drug-likeness (QED) is 0.618. The summed E-state index contributed by atoms with van der Waals surface area (Å²) in [6, 6.07) is 0. The summed E-state index contributed by atoms with van der Waals surface area (Å²) in [6.07, 6.45) is 7.20. The van der Waals surface area contributed by atoms with E-state index < -0.39 is 0 Å². The van der Waals surface area contributed by atoms with Crippen LogP contribution in [0.2, 0.25) is 0 Å². The molecule has 0 radical (unpaired) electrons. The first-order chi connectivity index (χ1) is 7.55. The van der Waals surface area contributed by atoms with Crippen LogP contribution in [0.1, 0.15) is 72.6 Å². The van der Waals surface area contributed by atoms with Gasteiger partial charge in [-0.2, -0.15) is 0 Å². The highest BCUT2D eigenvalue weighted by atomic mass is 16.1. The molecule has 0 bridgehead atoms. The van der Waals surface area contributed by atoms with Gasteiger partial charge in [0.05, 0.1) is 0 Å². The summed E-state index contributed by atoms with van der Waals surface area (Å²) in [5.74, 6) is 0.517. The largest absolute Gasteiger partial charge is 0.299 e. The highest BCUT2D eigenvalue weighted by Crippen LogP contribution is 2.43. The molecule has 1 aliphatic carbocycles. The molecular formula is C15H26O. The number of carbonyl (C=O) groups is 1. The topological polar surface area (TPSA) is 17.1 Å². The van der Waals surface area contributed by atoms with Gasteiger partial charge in [0, 0.05) is 11.8 Å². The van der Waals surface area contributed by atoms with Crippen LogP contribution in [-0.2, 0) is 4.79 Å². The van der Waals surface area contributed by atoms with Crippen LogP contribution in [0.3, 0.4) is 0 Å². The summed E-state index contributed by atoms with van der Waals surface area (Å²) >= 11 is 0. The van der Waals surface area contributed by atoms with E-state index in [-0.39, 0.29) is 5.41 Å². The van der Waals surface area contributed by atoms with Gasteiger partial charge in [0.15, 0.2) is 0 Å². The van der Waals surface area contributed by atoms with E-state index in [1.165, 1.54) is 11.1 Å². The molecule has 92 valence electrons. The van der Waals surface area contributed by atoms with Crippen molar-refractivity contribution in [1.29, 1.82) is 0 Å². The van der Waals surface area contributed by atoms with E-state index in [2.05, 4.69) is 27.7 Å². The van der Waals surface area contributed by atoms with Crippen LogP contribution in [-0.4, -0.2) is 5.78 Å². The lowest BCUT2D eigenvalue weighted by Gasteiger charge is -2.36. The summed E-state index contributed by atoms with van der Waals surface area (Å²) in [5, 5.41) is 0. The number of hydrogen-bond acceptors (Lipinski definition) is 1. The third kappa shape index (κ3) is 2.75. The molecule has 0 heterocycles. The summed E-state index contributed by atoms with van der Waals surface area (Å²) in [5.41, 5.74) is 2.95. The van der Waals surface area contributed by atoms with Gasteiger partial charge in [-0.1, -0.05) is 31.4 Å². The van der Waals surface area contributed by atoms with Gasteiger partial charge in [0.2, 0.25) is 0 Å². The third-order valence-electron chi connectivity index (χ3n) is 4.34. The monoisotopic (exact) mass is 222 g/mol. The Morgan fingerprint density at radius 3 is 2.44 bits per heavy atom. The fraction of sp³-hybridized carbons (Fsp3) is 0.800. The molecule has 1 nitrogen and oxygen atoms in total. The average Bonchev–Trinajstić information content (AvgIpc) is 2.29.